The first-order valence-corrected chi connectivity index (χ1v) is 7.20. The molecule has 1 saturated carbocycles. The molecule has 0 aliphatic heterocycles. The molecule has 1 amide bonds. The molecule has 20 heavy (non-hydrogen) atoms. The lowest BCUT2D eigenvalue weighted by atomic mass is 10.3. The minimum absolute atomic E-state index is 0.0583. The summed E-state index contributed by atoms with van der Waals surface area (Å²) in [5.74, 6) is -0.211. The standard InChI is InChI=1S/C13H13ClFN3OS/c14-8-5-10-11(6-9(8)15)18(13(20)17-10)4-3-16-12(19)7-1-2-7/h5-7H,1-4H2,(H,16,19)(H,17,20). The number of benzene rings is 1. The largest absolute Gasteiger partial charge is 0.354 e. The van der Waals surface area contributed by atoms with Crippen LogP contribution in [0.3, 0.4) is 0 Å². The Bertz CT molecular complexity index is 735. The summed E-state index contributed by atoms with van der Waals surface area (Å²) in [5.41, 5.74) is 1.34. The highest BCUT2D eigenvalue weighted by Gasteiger charge is 2.29. The number of nitrogens with one attached hydrogen (secondary N) is 2. The van der Waals surface area contributed by atoms with Crippen LogP contribution in [-0.4, -0.2) is 22.0 Å². The van der Waals surface area contributed by atoms with Crippen molar-refractivity contribution < 1.29 is 9.18 Å². The van der Waals surface area contributed by atoms with Crippen molar-refractivity contribution in [1.29, 1.82) is 0 Å². The molecule has 2 aromatic rings. The molecule has 0 unspecified atom stereocenters. The van der Waals surface area contributed by atoms with Gasteiger partial charge < -0.3 is 14.9 Å². The number of fused-ring (bicyclic) bond motifs is 1. The Morgan fingerprint density at radius 1 is 1.55 bits per heavy atom. The van der Waals surface area contributed by atoms with Gasteiger partial charge in [-0.3, -0.25) is 4.79 Å². The predicted molar refractivity (Wildman–Crippen MR) is 77.8 cm³/mol. The maximum atomic E-state index is 13.5. The van der Waals surface area contributed by atoms with Gasteiger partial charge in [0, 0.05) is 25.1 Å². The summed E-state index contributed by atoms with van der Waals surface area (Å²) >= 11 is 11.0. The Morgan fingerprint density at radius 3 is 3.00 bits per heavy atom. The second-order valence-electron chi connectivity index (χ2n) is 4.93. The second-order valence-corrected chi connectivity index (χ2v) is 5.72. The summed E-state index contributed by atoms with van der Waals surface area (Å²) in [6.45, 7) is 0.971. The molecule has 1 aromatic carbocycles. The molecule has 1 aliphatic carbocycles. The third-order valence-corrected chi connectivity index (χ3v) is 4.01. The number of imidazole rings is 1. The van der Waals surface area contributed by atoms with Crippen molar-refractivity contribution in [3.8, 4) is 0 Å². The highest BCUT2D eigenvalue weighted by molar-refractivity contribution is 7.71. The molecule has 1 heterocycles. The van der Waals surface area contributed by atoms with E-state index in [0.717, 1.165) is 12.8 Å². The highest BCUT2D eigenvalue weighted by Crippen LogP contribution is 2.28. The van der Waals surface area contributed by atoms with Gasteiger partial charge in [-0.1, -0.05) is 11.6 Å². The predicted octanol–water partition coefficient (Wildman–Crippen LogP) is 3.02. The number of hydrogen-bond donors (Lipinski definition) is 2. The summed E-state index contributed by atoms with van der Waals surface area (Å²) < 4.78 is 15.8. The zero-order chi connectivity index (χ0) is 14.3. The minimum atomic E-state index is -0.482. The summed E-state index contributed by atoms with van der Waals surface area (Å²) in [5, 5.41) is 2.92. The molecule has 1 aromatic heterocycles. The molecular formula is C13H13ClFN3OS. The van der Waals surface area contributed by atoms with Gasteiger partial charge in [0.2, 0.25) is 5.91 Å². The van der Waals surface area contributed by atoms with Gasteiger partial charge in [-0.25, -0.2) is 4.39 Å². The van der Waals surface area contributed by atoms with Crippen LogP contribution in [0.2, 0.25) is 5.02 Å². The van der Waals surface area contributed by atoms with Crippen molar-refractivity contribution in [2.75, 3.05) is 6.54 Å². The Hall–Kier alpha value is -1.40. The van der Waals surface area contributed by atoms with Crippen LogP contribution in [0, 0.1) is 16.5 Å². The van der Waals surface area contributed by atoms with Crippen LogP contribution in [0.5, 0.6) is 0 Å². The number of H-pyrrole nitrogens is 1. The van der Waals surface area contributed by atoms with Crippen LogP contribution < -0.4 is 5.32 Å². The highest BCUT2D eigenvalue weighted by atomic mass is 35.5. The van der Waals surface area contributed by atoms with Crippen molar-refractivity contribution in [1.82, 2.24) is 14.9 Å². The third-order valence-electron chi connectivity index (χ3n) is 3.40. The number of halogens is 2. The summed E-state index contributed by atoms with van der Waals surface area (Å²) in [6.07, 6.45) is 1.95. The van der Waals surface area contributed by atoms with E-state index in [1.54, 1.807) is 4.57 Å². The molecule has 7 heteroatoms. The molecule has 1 fully saturated rings. The lowest BCUT2D eigenvalue weighted by molar-refractivity contribution is -0.122. The second kappa shape index (κ2) is 5.18. The monoisotopic (exact) mass is 313 g/mol. The molecule has 4 nitrogen and oxygen atoms in total. The number of carbonyl (C=O) groups is 1. The van der Waals surface area contributed by atoms with E-state index < -0.39 is 5.82 Å². The van der Waals surface area contributed by atoms with Crippen LogP contribution in [0.4, 0.5) is 4.39 Å². The van der Waals surface area contributed by atoms with E-state index in [-0.39, 0.29) is 16.8 Å². The van der Waals surface area contributed by atoms with Crippen LogP contribution in [-0.2, 0) is 11.3 Å². The van der Waals surface area contributed by atoms with E-state index in [2.05, 4.69) is 10.3 Å². The van der Waals surface area contributed by atoms with Gasteiger partial charge in [-0.05, 0) is 31.1 Å². The van der Waals surface area contributed by atoms with Crippen LogP contribution in [0.15, 0.2) is 12.1 Å². The molecule has 1 aliphatic rings. The third kappa shape index (κ3) is 2.58. The van der Waals surface area contributed by atoms with Crippen molar-refractivity contribution >= 4 is 40.8 Å². The summed E-state index contributed by atoms with van der Waals surface area (Å²) in [7, 11) is 0. The molecule has 0 saturated heterocycles. The lowest BCUT2D eigenvalue weighted by Crippen LogP contribution is -2.28. The van der Waals surface area contributed by atoms with Crippen molar-refractivity contribution in [2.24, 2.45) is 5.92 Å². The van der Waals surface area contributed by atoms with Gasteiger partial charge in [0.1, 0.15) is 5.82 Å². The summed E-state index contributed by atoms with van der Waals surface area (Å²) in [4.78, 5) is 14.5. The fourth-order valence-corrected chi connectivity index (χ4v) is 2.62. The number of rotatable bonds is 4. The average molecular weight is 314 g/mol. The molecule has 0 radical (unpaired) electrons. The Balaban J connectivity index is 1.79. The number of carbonyl (C=O) groups excluding carboxylic acids is 1. The molecule has 0 bridgehead atoms. The number of aromatic nitrogens is 2. The zero-order valence-electron chi connectivity index (χ0n) is 10.6. The zero-order valence-corrected chi connectivity index (χ0v) is 12.2. The van der Waals surface area contributed by atoms with Gasteiger partial charge in [-0.2, -0.15) is 0 Å². The van der Waals surface area contributed by atoms with Crippen molar-refractivity contribution in [2.45, 2.75) is 19.4 Å². The van der Waals surface area contributed by atoms with Gasteiger partial charge in [0.15, 0.2) is 4.77 Å². The molecule has 106 valence electrons. The maximum absolute atomic E-state index is 13.5. The molecule has 0 spiro atoms. The van der Waals surface area contributed by atoms with E-state index in [4.69, 9.17) is 23.8 Å². The lowest BCUT2D eigenvalue weighted by Gasteiger charge is -2.06. The van der Waals surface area contributed by atoms with Gasteiger partial charge in [-0.15, -0.1) is 0 Å². The normalized spacial score (nSPS) is 14.7. The molecule has 0 atom stereocenters. The smallest absolute Gasteiger partial charge is 0.223 e. The van der Waals surface area contributed by atoms with E-state index in [1.165, 1.54) is 12.1 Å². The first-order chi connectivity index (χ1) is 9.56. The maximum Gasteiger partial charge on any atom is 0.223 e. The van der Waals surface area contributed by atoms with E-state index in [1.807, 2.05) is 0 Å². The Morgan fingerprint density at radius 2 is 2.30 bits per heavy atom. The average Bonchev–Trinajstić information content (AvgIpc) is 3.19. The topological polar surface area (TPSA) is 49.8 Å². The quantitative estimate of drug-likeness (QED) is 0.853. The van der Waals surface area contributed by atoms with E-state index in [9.17, 15) is 9.18 Å². The van der Waals surface area contributed by atoms with Crippen LogP contribution in [0.1, 0.15) is 12.8 Å². The number of amides is 1. The van der Waals surface area contributed by atoms with Crippen molar-refractivity contribution in [3.63, 3.8) is 0 Å². The summed E-state index contributed by atoms with van der Waals surface area (Å²) in [6, 6.07) is 2.87. The van der Waals surface area contributed by atoms with Crippen LogP contribution >= 0.6 is 23.8 Å². The van der Waals surface area contributed by atoms with Crippen LogP contribution in [0.25, 0.3) is 11.0 Å². The molecule has 2 N–H and O–H groups in total. The number of nitrogens with zero attached hydrogens (tertiary/aromatic N) is 1. The fourth-order valence-electron chi connectivity index (χ4n) is 2.15. The number of hydrogen-bond acceptors (Lipinski definition) is 2. The minimum Gasteiger partial charge on any atom is -0.354 e. The van der Waals surface area contributed by atoms with Crippen molar-refractivity contribution in [3.05, 3.63) is 27.7 Å². The number of aromatic amines is 1. The first-order valence-electron chi connectivity index (χ1n) is 6.41. The van der Waals surface area contributed by atoms with Gasteiger partial charge >= 0.3 is 0 Å². The van der Waals surface area contributed by atoms with Gasteiger partial charge in [0.05, 0.1) is 16.1 Å². The van der Waals surface area contributed by atoms with Gasteiger partial charge in [0.25, 0.3) is 0 Å². The Kier molecular flexibility index (Phi) is 3.52. The fraction of sp³-hybridized carbons (Fsp3) is 0.385. The Labute approximate surface area is 124 Å². The molecule has 3 rings (SSSR count). The molecular weight excluding hydrogens is 301 g/mol. The van der Waals surface area contributed by atoms with E-state index >= 15 is 0 Å². The van der Waals surface area contributed by atoms with E-state index in [0.29, 0.717) is 28.9 Å². The SMILES string of the molecule is O=C(NCCn1c(=S)[nH]c2cc(Cl)c(F)cc21)C1CC1. The first kappa shape index (κ1) is 13.6.